The highest BCUT2D eigenvalue weighted by atomic mass is 15.3. The van der Waals surface area contributed by atoms with E-state index in [9.17, 15) is 0 Å². The summed E-state index contributed by atoms with van der Waals surface area (Å²) in [7, 11) is 0. The second kappa shape index (κ2) is 5.83. The summed E-state index contributed by atoms with van der Waals surface area (Å²) in [5, 5.41) is 7.85. The minimum absolute atomic E-state index is 0.829. The van der Waals surface area contributed by atoms with Crippen LogP contribution in [0.2, 0.25) is 0 Å². The Bertz CT molecular complexity index is 514. The lowest BCUT2D eigenvalue weighted by Crippen LogP contribution is -2.12. The van der Waals surface area contributed by atoms with E-state index in [1.807, 2.05) is 10.9 Å². The Morgan fingerprint density at radius 1 is 1.22 bits per heavy atom. The molecule has 2 aromatic rings. The van der Waals surface area contributed by atoms with Crippen LogP contribution >= 0.6 is 0 Å². The molecule has 1 aromatic carbocycles. The van der Waals surface area contributed by atoms with Gasteiger partial charge in [-0.25, -0.2) is 4.68 Å². The lowest BCUT2D eigenvalue weighted by molar-refractivity contribution is 0.696. The van der Waals surface area contributed by atoms with Crippen LogP contribution in [0.1, 0.15) is 30.7 Å². The number of hydrogen-bond donors (Lipinski definition) is 1. The maximum absolute atomic E-state index is 4.57. The van der Waals surface area contributed by atoms with E-state index in [2.05, 4.69) is 55.5 Å². The fourth-order valence-electron chi connectivity index (χ4n) is 2.07. The molecular weight excluding hydrogens is 222 g/mol. The molecule has 0 unspecified atom stereocenters. The largest absolute Gasteiger partial charge is 0.311 e. The molecule has 96 valence electrons. The first kappa shape index (κ1) is 12.8. The zero-order valence-electron chi connectivity index (χ0n) is 11.4. The minimum atomic E-state index is 0.829. The Morgan fingerprint density at radius 3 is 2.72 bits per heavy atom. The van der Waals surface area contributed by atoms with E-state index in [0.29, 0.717) is 0 Å². The number of nitrogens with zero attached hydrogens (tertiary/aromatic N) is 2. The Labute approximate surface area is 109 Å². The Kier molecular flexibility index (Phi) is 4.15. The topological polar surface area (TPSA) is 29.9 Å². The Balaban J connectivity index is 2.20. The number of nitrogens with one attached hydrogen (secondary N) is 1. The van der Waals surface area contributed by atoms with Crippen LogP contribution in [-0.4, -0.2) is 16.3 Å². The molecule has 0 aliphatic heterocycles. The van der Waals surface area contributed by atoms with E-state index >= 15 is 0 Å². The second-order valence-electron chi connectivity index (χ2n) is 4.50. The van der Waals surface area contributed by atoms with Gasteiger partial charge in [0.25, 0.3) is 0 Å². The van der Waals surface area contributed by atoms with Gasteiger partial charge in [0.2, 0.25) is 0 Å². The van der Waals surface area contributed by atoms with Crippen molar-refractivity contribution < 1.29 is 0 Å². The third kappa shape index (κ3) is 2.79. The van der Waals surface area contributed by atoms with Crippen molar-refractivity contribution in [1.29, 1.82) is 0 Å². The molecule has 2 rings (SSSR count). The van der Waals surface area contributed by atoms with Crippen LogP contribution in [-0.2, 0) is 13.0 Å². The fraction of sp³-hybridized carbons (Fsp3) is 0.400. The van der Waals surface area contributed by atoms with Gasteiger partial charge in [-0.05, 0) is 49.2 Å². The van der Waals surface area contributed by atoms with Gasteiger partial charge in [-0.1, -0.05) is 19.9 Å². The summed E-state index contributed by atoms with van der Waals surface area (Å²) in [6, 6.07) is 8.58. The summed E-state index contributed by atoms with van der Waals surface area (Å²) in [5.74, 6) is 0. The first-order valence-corrected chi connectivity index (χ1v) is 6.59. The minimum Gasteiger partial charge on any atom is -0.311 e. The molecule has 3 heteroatoms. The molecule has 18 heavy (non-hydrogen) atoms. The second-order valence-corrected chi connectivity index (χ2v) is 4.50. The monoisotopic (exact) mass is 243 g/mol. The standard InChI is InChI=1S/C15H21N3/c1-4-13-6-7-15(10-12(13)3)18-9-8-14(17-18)11-16-5-2/h6-10,16H,4-5,11H2,1-3H3. The maximum Gasteiger partial charge on any atom is 0.0766 e. The van der Waals surface area contributed by atoms with Gasteiger partial charge in [0.05, 0.1) is 11.4 Å². The predicted molar refractivity (Wildman–Crippen MR) is 75.1 cm³/mol. The van der Waals surface area contributed by atoms with Crippen molar-refractivity contribution in [2.45, 2.75) is 33.7 Å². The van der Waals surface area contributed by atoms with Crippen LogP contribution in [0.4, 0.5) is 0 Å². The third-order valence-corrected chi connectivity index (χ3v) is 3.17. The molecule has 1 heterocycles. The quantitative estimate of drug-likeness (QED) is 0.875. The Hall–Kier alpha value is -1.61. The summed E-state index contributed by atoms with van der Waals surface area (Å²) < 4.78 is 1.94. The molecule has 0 radical (unpaired) electrons. The van der Waals surface area contributed by atoms with Crippen molar-refractivity contribution >= 4 is 0 Å². The van der Waals surface area contributed by atoms with Crippen LogP contribution in [0.5, 0.6) is 0 Å². The van der Waals surface area contributed by atoms with E-state index in [1.54, 1.807) is 0 Å². The summed E-state index contributed by atoms with van der Waals surface area (Å²) in [6.07, 6.45) is 3.10. The van der Waals surface area contributed by atoms with E-state index in [-0.39, 0.29) is 0 Å². The number of aromatic nitrogens is 2. The van der Waals surface area contributed by atoms with Crippen LogP contribution in [0.15, 0.2) is 30.5 Å². The lowest BCUT2D eigenvalue weighted by Gasteiger charge is -2.07. The average Bonchev–Trinajstić information content (AvgIpc) is 2.85. The molecule has 0 saturated heterocycles. The van der Waals surface area contributed by atoms with Crippen molar-refractivity contribution in [3.63, 3.8) is 0 Å². The summed E-state index contributed by atoms with van der Waals surface area (Å²) in [5.41, 5.74) is 4.94. The molecule has 0 aliphatic carbocycles. The zero-order valence-corrected chi connectivity index (χ0v) is 11.4. The van der Waals surface area contributed by atoms with Crippen LogP contribution in [0, 0.1) is 6.92 Å². The molecule has 0 spiro atoms. The molecule has 3 nitrogen and oxygen atoms in total. The van der Waals surface area contributed by atoms with E-state index in [1.165, 1.54) is 11.1 Å². The highest BCUT2D eigenvalue weighted by Gasteiger charge is 2.03. The van der Waals surface area contributed by atoms with E-state index in [0.717, 1.165) is 30.9 Å². The molecule has 0 saturated carbocycles. The number of aryl methyl sites for hydroxylation is 2. The first-order valence-electron chi connectivity index (χ1n) is 6.59. The van der Waals surface area contributed by atoms with Gasteiger partial charge in [0, 0.05) is 12.7 Å². The zero-order chi connectivity index (χ0) is 13.0. The van der Waals surface area contributed by atoms with Crippen molar-refractivity contribution in [3.05, 3.63) is 47.3 Å². The van der Waals surface area contributed by atoms with Crippen LogP contribution in [0.25, 0.3) is 5.69 Å². The Morgan fingerprint density at radius 2 is 2.06 bits per heavy atom. The molecule has 1 aromatic heterocycles. The lowest BCUT2D eigenvalue weighted by atomic mass is 10.1. The maximum atomic E-state index is 4.57. The van der Waals surface area contributed by atoms with Crippen molar-refractivity contribution in [2.75, 3.05) is 6.54 Å². The first-order chi connectivity index (χ1) is 8.74. The number of benzene rings is 1. The molecule has 1 N–H and O–H groups in total. The average molecular weight is 243 g/mol. The van der Waals surface area contributed by atoms with Crippen LogP contribution in [0.3, 0.4) is 0 Å². The number of hydrogen-bond acceptors (Lipinski definition) is 2. The normalized spacial score (nSPS) is 10.8. The van der Waals surface area contributed by atoms with Crippen molar-refractivity contribution in [3.8, 4) is 5.69 Å². The predicted octanol–water partition coefficient (Wildman–Crippen LogP) is 2.85. The van der Waals surface area contributed by atoms with E-state index < -0.39 is 0 Å². The highest BCUT2D eigenvalue weighted by molar-refractivity contribution is 5.39. The van der Waals surface area contributed by atoms with Gasteiger partial charge in [-0.3, -0.25) is 0 Å². The van der Waals surface area contributed by atoms with Gasteiger partial charge in [0.1, 0.15) is 0 Å². The highest BCUT2D eigenvalue weighted by Crippen LogP contribution is 2.15. The molecule has 0 bridgehead atoms. The smallest absolute Gasteiger partial charge is 0.0766 e. The van der Waals surface area contributed by atoms with Crippen molar-refractivity contribution in [2.24, 2.45) is 0 Å². The SMILES string of the molecule is CCNCc1ccn(-c2ccc(CC)c(C)c2)n1. The fourth-order valence-corrected chi connectivity index (χ4v) is 2.07. The van der Waals surface area contributed by atoms with Gasteiger partial charge in [-0.15, -0.1) is 0 Å². The number of rotatable bonds is 5. The molecule has 0 fully saturated rings. The van der Waals surface area contributed by atoms with Gasteiger partial charge < -0.3 is 5.32 Å². The molecular formula is C15H21N3. The molecule has 0 atom stereocenters. The van der Waals surface area contributed by atoms with Gasteiger partial charge >= 0.3 is 0 Å². The summed E-state index contributed by atoms with van der Waals surface area (Å²) >= 11 is 0. The van der Waals surface area contributed by atoms with Gasteiger partial charge in [0.15, 0.2) is 0 Å². The summed E-state index contributed by atoms with van der Waals surface area (Å²) in [4.78, 5) is 0. The summed E-state index contributed by atoms with van der Waals surface area (Å²) in [6.45, 7) is 8.24. The van der Waals surface area contributed by atoms with Crippen molar-refractivity contribution in [1.82, 2.24) is 15.1 Å². The van der Waals surface area contributed by atoms with Gasteiger partial charge in [-0.2, -0.15) is 5.10 Å². The molecule has 0 amide bonds. The molecule has 0 aliphatic rings. The van der Waals surface area contributed by atoms with E-state index in [4.69, 9.17) is 0 Å². The van der Waals surface area contributed by atoms with Crippen LogP contribution < -0.4 is 5.32 Å². The third-order valence-electron chi connectivity index (χ3n) is 3.17.